The van der Waals surface area contributed by atoms with Gasteiger partial charge in [0.1, 0.15) is 5.75 Å². The van der Waals surface area contributed by atoms with Gasteiger partial charge in [-0.05, 0) is 43.9 Å². The molecule has 0 aromatic heterocycles. The highest BCUT2D eigenvalue weighted by Gasteiger charge is 2.29. The largest absolute Gasteiger partial charge is 0.506 e. The van der Waals surface area contributed by atoms with Gasteiger partial charge < -0.3 is 20.8 Å². The topological polar surface area (TPSA) is 86.8 Å². The Balaban J connectivity index is 2.15. The van der Waals surface area contributed by atoms with Crippen LogP contribution in [0.1, 0.15) is 36.0 Å². The van der Waals surface area contributed by atoms with E-state index in [1.807, 2.05) is 0 Å². The summed E-state index contributed by atoms with van der Waals surface area (Å²) in [7, 11) is 0. The van der Waals surface area contributed by atoms with Crippen LogP contribution in [0.5, 0.6) is 5.75 Å². The second-order valence-electron chi connectivity index (χ2n) is 4.93. The van der Waals surface area contributed by atoms with Gasteiger partial charge in [-0.3, -0.25) is 4.79 Å². The van der Waals surface area contributed by atoms with Gasteiger partial charge in [0, 0.05) is 24.8 Å². The molecule has 1 aromatic rings. The van der Waals surface area contributed by atoms with Crippen LogP contribution in [0.4, 0.5) is 5.69 Å². The minimum Gasteiger partial charge on any atom is -0.506 e. The van der Waals surface area contributed by atoms with Crippen molar-refractivity contribution in [3.63, 3.8) is 0 Å². The molecular formula is C14H20N2O3. The molecule has 0 spiro atoms. The first kappa shape index (κ1) is 13.7. The Morgan fingerprint density at radius 1 is 1.42 bits per heavy atom. The predicted octanol–water partition coefficient (Wildman–Crippen LogP) is 1.35. The van der Waals surface area contributed by atoms with Crippen LogP contribution in [0.3, 0.4) is 0 Å². The minimum atomic E-state index is -0.103. The standard InChI is InChI=1S/C14H20N2O3/c15-12-6-5-10(9-13(12)18)14(19)16(7-2-8-17)11-3-1-4-11/h5-6,9,11,17-18H,1-4,7-8,15H2. The summed E-state index contributed by atoms with van der Waals surface area (Å²) < 4.78 is 0. The van der Waals surface area contributed by atoms with Crippen molar-refractivity contribution < 1.29 is 15.0 Å². The molecule has 4 N–H and O–H groups in total. The number of carbonyl (C=O) groups is 1. The van der Waals surface area contributed by atoms with Gasteiger partial charge in [0.05, 0.1) is 5.69 Å². The molecule has 0 radical (unpaired) electrons. The van der Waals surface area contributed by atoms with E-state index in [9.17, 15) is 9.90 Å². The molecular weight excluding hydrogens is 244 g/mol. The Kier molecular flexibility index (Phi) is 4.27. The number of aliphatic hydroxyl groups is 1. The Morgan fingerprint density at radius 2 is 2.16 bits per heavy atom. The third-order valence-corrected chi connectivity index (χ3v) is 3.61. The van der Waals surface area contributed by atoms with Crippen LogP contribution < -0.4 is 5.73 Å². The first-order valence-corrected chi connectivity index (χ1v) is 6.64. The Hall–Kier alpha value is -1.75. The Bertz CT molecular complexity index is 458. The molecule has 1 aromatic carbocycles. The monoisotopic (exact) mass is 264 g/mol. The van der Waals surface area contributed by atoms with Crippen molar-refractivity contribution in [2.45, 2.75) is 31.7 Å². The maximum Gasteiger partial charge on any atom is 0.254 e. The molecule has 1 saturated carbocycles. The normalized spacial score (nSPS) is 15.0. The zero-order valence-corrected chi connectivity index (χ0v) is 10.9. The van der Waals surface area contributed by atoms with Crippen molar-refractivity contribution in [3.05, 3.63) is 23.8 Å². The first-order valence-electron chi connectivity index (χ1n) is 6.64. The SMILES string of the molecule is Nc1ccc(C(=O)N(CCCO)C2CCC2)cc1O. The molecule has 1 fully saturated rings. The van der Waals surface area contributed by atoms with E-state index in [4.69, 9.17) is 10.8 Å². The number of nitrogens with zero attached hydrogens (tertiary/aromatic N) is 1. The lowest BCUT2D eigenvalue weighted by Crippen LogP contribution is -2.44. The van der Waals surface area contributed by atoms with E-state index >= 15 is 0 Å². The number of hydrogen-bond donors (Lipinski definition) is 3. The molecule has 0 bridgehead atoms. The van der Waals surface area contributed by atoms with Gasteiger partial charge in [0.2, 0.25) is 0 Å². The van der Waals surface area contributed by atoms with E-state index in [0.717, 1.165) is 19.3 Å². The minimum absolute atomic E-state index is 0.0680. The summed E-state index contributed by atoms with van der Waals surface area (Å²) in [4.78, 5) is 14.2. The molecule has 5 heteroatoms. The molecule has 1 aliphatic rings. The van der Waals surface area contributed by atoms with Crippen molar-refractivity contribution in [2.75, 3.05) is 18.9 Å². The molecule has 5 nitrogen and oxygen atoms in total. The molecule has 0 atom stereocenters. The van der Waals surface area contributed by atoms with Gasteiger partial charge in [-0.2, -0.15) is 0 Å². The summed E-state index contributed by atoms with van der Waals surface area (Å²) in [5.74, 6) is -0.171. The van der Waals surface area contributed by atoms with Gasteiger partial charge in [-0.25, -0.2) is 0 Å². The van der Waals surface area contributed by atoms with Crippen molar-refractivity contribution in [1.82, 2.24) is 4.90 Å². The number of aliphatic hydroxyl groups excluding tert-OH is 1. The van der Waals surface area contributed by atoms with Gasteiger partial charge in [-0.1, -0.05) is 0 Å². The second kappa shape index (κ2) is 5.93. The fourth-order valence-corrected chi connectivity index (χ4v) is 2.23. The quantitative estimate of drug-likeness (QED) is 0.553. The van der Waals surface area contributed by atoms with E-state index in [1.54, 1.807) is 11.0 Å². The summed E-state index contributed by atoms with van der Waals surface area (Å²) in [6.45, 7) is 0.620. The van der Waals surface area contributed by atoms with E-state index in [0.29, 0.717) is 18.5 Å². The Labute approximate surface area is 112 Å². The molecule has 2 rings (SSSR count). The number of benzene rings is 1. The third kappa shape index (κ3) is 2.98. The highest BCUT2D eigenvalue weighted by molar-refractivity contribution is 5.95. The van der Waals surface area contributed by atoms with Crippen LogP contribution in [0.25, 0.3) is 0 Å². The molecule has 19 heavy (non-hydrogen) atoms. The number of anilines is 1. The van der Waals surface area contributed by atoms with E-state index in [-0.39, 0.29) is 30.0 Å². The van der Waals surface area contributed by atoms with Gasteiger partial charge >= 0.3 is 0 Å². The fourth-order valence-electron chi connectivity index (χ4n) is 2.23. The molecule has 1 aliphatic carbocycles. The van der Waals surface area contributed by atoms with Gasteiger partial charge in [0.15, 0.2) is 0 Å². The van der Waals surface area contributed by atoms with Gasteiger partial charge in [0.25, 0.3) is 5.91 Å². The molecule has 0 heterocycles. The lowest BCUT2D eigenvalue weighted by molar-refractivity contribution is 0.0562. The van der Waals surface area contributed by atoms with Crippen molar-refractivity contribution in [3.8, 4) is 5.75 Å². The molecule has 0 saturated heterocycles. The average molecular weight is 264 g/mol. The third-order valence-electron chi connectivity index (χ3n) is 3.61. The van der Waals surface area contributed by atoms with Crippen molar-refractivity contribution in [2.24, 2.45) is 0 Å². The molecule has 104 valence electrons. The zero-order chi connectivity index (χ0) is 13.8. The molecule has 1 amide bonds. The van der Waals surface area contributed by atoms with Crippen LogP contribution in [0.2, 0.25) is 0 Å². The summed E-state index contributed by atoms with van der Waals surface area (Å²) >= 11 is 0. The summed E-state index contributed by atoms with van der Waals surface area (Å²) in [6, 6.07) is 4.83. The van der Waals surface area contributed by atoms with Crippen molar-refractivity contribution >= 4 is 11.6 Å². The van der Waals surface area contributed by atoms with Gasteiger partial charge in [-0.15, -0.1) is 0 Å². The molecule has 0 unspecified atom stereocenters. The van der Waals surface area contributed by atoms with E-state index in [1.165, 1.54) is 12.1 Å². The number of nitrogens with two attached hydrogens (primary N) is 1. The van der Waals surface area contributed by atoms with Crippen LogP contribution in [0, 0.1) is 0 Å². The molecule has 0 aliphatic heterocycles. The van der Waals surface area contributed by atoms with Crippen LogP contribution in [0.15, 0.2) is 18.2 Å². The average Bonchev–Trinajstić information content (AvgIpc) is 2.34. The summed E-state index contributed by atoms with van der Waals surface area (Å²) in [6.07, 6.45) is 3.74. The number of aromatic hydroxyl groups is 1. The number of carbonyl (C=O) groups excluding carboxylic acids is 1. The van der Waals surface area contributed by atoms with Crippen LogP contribution in [-0.4, -0.2) is 40.2 Å². The maximum atomic E-state index is 12.4. The number of hydrogen-bond acceptors (Lipinski definition) is 4. The summed E-state index contributed by atoms with van der Waals surface area (Å²) in [5, 5.41) is 18.5. The smallest absolute Gasteiger partial charge is 0.254 e. The van der Waals surface area contributed by atoms with Crippen molar-refractivity contribution in [1.29, 1.82) is 0 Å². The number of amides is 1. The highest BCUT2D eigenvalue weighted by Crippen LogP contribution is 2.28. The lowest BCUT2D eigenvalue weighted by Gasteiger charge is -2.37. The second-order valence-corrected chi connectivity index (χ2v) is 4.93. The highest BCUT2D eigenvalue weighted by atomic mass is 16.3. The zero-order valence-electron chi connectivity index (χ0n) is 10.9. The Morgan fingerprint density at radius 3 is 2.68 bits per heavy atom. The fraction of sp³-hybridized carbons (Fsp3) is 0.500. The number of phenolic OH excluding ortho intramolecular Hbond substituents is 1. The van der Waals surface area contributed by atoms with Crippen LogP contribution >= 0.6 is 0 Å². The van der Waals surface area contributed by atoms with E-state index < -0.39 is 0 Å². The summed E-state index contributed by atoms with van der Waals surface area (Å²) in [5.41, 5.74) is 6.24. The van der Waals surface area contributed by atoms with Crippen LogP contribution in [-0.2, 0) is 0 Å². The predicted molar refractivity (Wildman–Crippen MR) is 72.9 cm³/mol. The number of rotatable bonds is 5. The maximum absolute atomic E-state index is 12.4. The first-order chi connectivity index (χ1) is 9.13. The number of nitrogen functional groups attached to an aromatic ring is 1. The van der Waals surface area contributed by atoms with E-state index in [2.05, 4.69) is 0 Å². The lowest BCUT2D eigenvalue weighted by atomic mass is 9.90. The number of phenols is 1.